The third-order valence-electron chi connectivity index (χ3n) is 2.27. The van der Waals surface area contributed by atoms with Crippen molar-refractivity contribution in [3.8, 4) is 0 Å². The molecular formula is C9H13N5O. The molecule has 0 aliphatic heterocycles. The van der Waals surface area contributed by atoms with Crippen LogP contribution in [0.25, 0.3) is 0 Å². The SMILES string of the molecule is CC(Cn1cccn1)n1cnnc1CO. The molecule has 0 saturated heterocycles. The van der Waals surface area contributed by atoms with E-state index in [4.69, 9.17) is 5.11 Å². The van der Waals surface area contributed by atoms with Crippen molar-refractivity contribution in [3.05, 3.63) is 30.6 Å². The molecule has 0 saturated carbocycles. The molecule has 2 aromatic heterocycles. The maximum Gasteiger partial charge on any atom is 0.158 e. The molecule has 0 aliphatic carbocycles. The van der Waals surface area contributed by atoms with Crippen LogP contribution in [0, 0.1) is 0 Å². The van der Waals surface area contributed by atoms with Crippen molar-refractivity contribution in [1.82, 2.24) is 24.5 Å². The molecule has 1 N–H and O–H groups in total. The molecule has 2 aromatic rings. The van der Waals surface area contributed by atoms with Gasteiger partial charge in [-0.2, -0.15) is 5.10 Å². The fourth-order valence-corrected chi connectivity index (χ4v) is 1.51. The summed E-state index contributed by atoms with van der Waals surface area (Å²) < 4.78 is 3.69. The fourth-order valence-electron chi connectivity index (χ4n) is 1.51. The Kier molecular flexibility index (Phi) is 2.77. The van der Waals surface area contributed by atoms with Gasteiger partial charge in [0.25, 0.3) is 0 Å². The maximum atomic E-state index is 9.04. The van der Waals surface area contributed by atoms with Crippen molar-refractivity contribution < 1.29 is 5.11 Å². The molecule has 0 radical (unpaired) electrons. The topological polar surface area (TPSA) is 68.8 Å². The van der Waals surface area contributed by atoms with E-state index in [2.05, 4.69) is 15.3 Å². The normalized spacial score (nSPS) is 12.9. The standard InChI is InChI=1S/C9H13N5O/c1-8(5-13-4-2-3-11-13)14-7-10-12-9(14)6-15/h2-4,7-8,15H,5-6H2,1H3. The van der Waals surface area contributed by atoms with Gasteiger partial charge < -0.3 is 9.67 Å². The minimum atomic E-state index is -0.0938. The van der Waals surface area contributed by atoms with Crippen LogP contribution in [-0.4, -0.2) is 29.7 Å². The monoisotopic (exact) mass is 207 g/mol. The first-order valence-corrected chi connectivity index (χ1v) is 4.78. The van der Waals surface area contributed by atoms with E-state index in [9.17, 15) is 0 Å². The number of nitrogens with zero attached hydrogens (tertiary/aromatic N) is 5. The van der Waals surface area contributed by atoms with E-state index in [-0.39, 0.29) is 12.6 Å². The summed E-state index contributed by atoms with van der Waals surface area (Å²) in [5.74, 6) is 0.578. The highest BCUT2D eigenvalue weighted by atomic mass is 16.3. The minimum absolute atomic E-state index is 0.0938. The molecule has 15 heavy (non-hydrogen) atoms. The van der Waals surface area contributed by atoms with Crippen molar-refractivity contribution in [1.29, 1.82) is 0 Å². The zero-order chi connectivity index (χ0) is 10.7. The molecule has 2 heterocycles. The van der Waals surface area contributed by atoms with Gasteiger partial charge in [0, 0.05) is 12.4 Å². The predicted octanol–water partition coefficient (Wildman–Crippen LogP) is 0.228. The van der Waals surface area contributed by atoms with Gasteiger partial charge >= 0.3 is 0 Å². The molecule has 0 spiro atoms. The first kappa shape index (κ1) is 9.85. The Hall–Kier alpha value is -1.69. The van der Waals surface area contributed by atoms with Crippen molar-refractivity contribution in [3.63, 3.8) is 0 Å². The van der Waals surface area contributed by atoms with Crippen LogP contribution >= 0.6 is 0 Å². The van der Waals surface area contributed by atoms with Crippen LogP contribution in [-0.2, 0) is 13.2 Å². The van der Waals surface area contributed by atoms with Gasteiger partial charge in [-0.3, -0.25) is 4.68 Å². The van der Waals surface area contributed by atoms with E-state index < -0.39 is 0 Å². The maximum absolute atomic E-state index is 9.04. The lowest BCUT2D eigenvalue weighted by molar-refractivity contribution is 0.258. The second-order valence-electron chi connectivity index (χ2n) is 3.39. The van der Waals surface area contributed by atoms with Gasteiger partial charge in [0.05, 0.1) is 12.6 Å². The van der Waals surface area contributed by atoms with E-state index in [0.717, 1.165) is 6.54 Å². The highest BCUT2D eigenvalue weighted by molar-refractivity contribution is 4.87. The van der Waals surface area contributed by atoms with Gasteiger partial charge in [0.1, 0.15) is 12.9 Å². The van der Waals surface area contributed by atoms with Gasteiger partial charge in [0.2, 0.25) is 0 Å². The summed E-state index contributed by atoms with van der Waals surface area (Å²) in [5.41, 5.74) is 0. The number of hydrogen-bond acceptors (Lipinski definition) is 4. The van der Waals surface area contributed by atoms with E-state index in [0.29, 0.717) is 5.82 Å². The molecule has 2 rings (SSSR count). The molecule has 0 fully saturated rings. The molecule has 0 aromatic carbocycles. The van der Waals surface area contributed by atoms with Crippen LogP contribution in [0.5, 0.6) is 0 Å². The summed E-state index contributed by atoms with van der Waals surface area (Å²) in [6, 6.07) is 2.05. The first-order chi connectivity index (χ1) is 7.31. The fraction of sp³-hybridized carbons (Fsp3) is 0.444. The van der Waals surface area contributed by atoms with Crippen LogP contribution in [0.3, 0.4) is 0 Å². The molecule has 1 unspecified atom stereocenters. The zero-order valence-electron chi connectivity index (χ0n) is 8.48. The van der Waals surface area contributed by atoms with Gasteiger partial charge in [-0.1, -0.05) is 0 Å². The largest absolute Gasteiger partial charge is 0.388 e. The van der Waals surface area contributed by atoms with Crippen molar-refractivity contribution in [2.24, 2.45) is 0 Å². The van der Waals surface area contributed by atoms with Crippen LogP contribution in [0.1, 0.15) is 18.8 Å². The summed E-state index contributed by atoms with van der Waals surface area (Å²) in [6.45, 7) is 2.67. The third-order valence-corrected chi connectivity index (χ3v) is 2.27. The average molecular weight is 207 g/mol. The Balaban J connectivity index is 2.11. The Morgan fingerprint density at radius 1 is 1.53 bits per heavy atom. The lowest BCUT2D eigenvalue weighted by Gasteiger charge is -2.14. The minimum Gasteiger partial charge on any atom is -0.388 e. The van der Waals surface area contributed by atoms with Crippen LogP contribution in [0.2, 0.25) is 0 Å². The predicted molar refractivity (Wildman–Crippen MR) is 52.9 cm³/mol. The molecule has 0 aliphatic rings. The van der Waals surface area contributed by atoms with Crippen LogP contribution < -0.4 is 0 Å². The lowest BCUT2D eigenvalue weighted by atomic mass is 10.3. The van der Waals surface area contributed by atoms with Crippen molar-refractivity contribution >= 4 is 0 Å². The summed E-state index contributed by atoms with van der Waals surface area (Å²) >= 11 is 0. The van der Waals surface area contributed by atoms with E-state index in [1.165, 1.54) is 0 Å². The van der Waals surface area contributed by atoms with E-state index in [1.807, 2.05) is 28.4 Å². The highest BCUT2D eigenvalue weighted by Gasteiger charge is 2.10. The van der Waals surface area contributed by atoms with Gasteiger partial charge in [-0.15, -0.1) is 10.2 Å². The Labute approximate surface area is 87.2 Å². The Morgan fingerprint density at radius 2 is 2.40 bits per heavy atom. The lowest BCUT2D eigenvalue weighted by Crippen LogP contribution is -2.15. The number of rotatable bonds is 4. The average Bonchev–Trinajstić information content (AvgIpc) is 2.86. The van der Waals surface area contributed by atoms with Gasteiger partial charge in [-0.25, -0.2) is 0 Å². The van der Waals surface area contributed by atoms with Crippen LogP contribution in [0.15, 0.2) is 24.8 Å². The highest BCUT2D eigenvalue weighted by Crippen LogP contribution is 2.10. The molecule has 6 heteroatoms. The zero-order valence-corrected chi connectivity index (χ0v) is 8.48. The van der Waals surface area contributed by atoms with E-state index >= 15 is 0 Å². The molecule has 6 nitrogen and oxygen atoms in total. The quantitative estimate of drug-likeness (QED) is 0.779. The number of aromatic nitrogens is 5. The third kappa shape index (κ3) is 2.04. The van der Waals surface area contributed by atoms with Gasteiger partial charge in [-0.05, 0) is 13.0 Å². The van der Waals surface area contributed by atoms with Crippen LogP contribution in [0.4, 0.5) is 0 Å². The molecule has 0 bridgehead atoms. The summed E-state index contributed by atoms with van der Waals surface area (Å²) in [5, 5.41) is 20.7. The number of aliphatic hydroxyl groups excluding tert-OH is 1. The second-order valence-corrected chi connectivity index (χ2v) is 3.39. The molecule has 80 valence electrons. The molecule has 1 atom stereocenters. The van der Waals surface area contributed by atoms with Crippen molar-refractivity contribution in [2.75, 3.05) is 0 Å². The van der Waals surface area contributed by atoms with Crippen molar-refractivity contribution in [2.45, 2.75) is 26.1 Å². The second kappa shape index (κ2) is 4.22. The summed E-state index contributed by atoms with van der Waals surface area (Å²) in [7, 11) is 0. The number of hydrogen-bond donors (Lipinski definition) is 1. The van der Waals surface area contributed by atoms with E-state index in [1.54, 1.807) is 12.5 Å². The molecular weight excluding hydrogens is 194 g/mol. The first-order valence-electron chi connectivity index (χ1n) is 4.78. The Bertz CT molecular complexity index is 408. The summed E-state index contributed by atoms with van der Waals surface area (Å²) in [4.78, 5) is 0. The van der Waals surface area contributed by atoms with Gasteiger partial charge in [0.15, 0.2) is 5.82 Å². The Morgan fingerprint density at radius 3 is 3.07 bits per heavy atom. The summed E-state index contributed by atoms with van der Waals surface area (Å²) in [6.07, 6.45) is 5.27. The number of aliphatic hydroxyl groups is 1. The smallest absolute Gasteiger partial charge is 0.158 e. The molecule has 0 amide bonds.